The predicted octanol–water partition coefficient (Wildman–Crippen LogP) is 2.71. The van der Waals surface area contributed by atoms with E-state index in [1.807, 2.05) is 11.9 Å². The minimum absolute atomic E-state index is 0.0579. The van der Waals surface area contributed by atoms with Crippen LogP contribution in [0.25, 0.3) is 0 Å². The molecule has 0 radical (unpaired) electrons. The fourth-order valence-electron chi connectivity index (χ4n) is 2.00. The molecule has 0 bridgehead atoms. The summed E-state index contributed by atoms with van der Waals surface area (Å²) in [6.45, 7) is 2.57. The molecule has 4 heteroatoms. The standard InChI is InChI=1S/C11H14F2N2/c1-7-8(11(12)13)6-10-9(14-7)4-3-5-15(10)2/h6,11H,3-5H2,1-2H3. The molecule has 0 spiro atoms. The molecular weight excluding hydrogens is 198 g/mol. The molecular formula is C11H14F2N2. The first-order valence-electron chi connectivity index (χ1n) is 5.09. The van der Waals surface area contributed by atoms with Crippen LogP contribution in [0.3, 0.4) is 0 Å². The van der Waals surface area contributed by atoms with E-state index in [-0.39, 0.29) is 5.56 Å². The van der Waals surface area contributed by atoms with E-state index in [4.69, 9.17) is 0 Å². The molecule has 1 aromatic heterocycles. The second-order valence-corrected chi connectivity index (χ2v) is 3.95. The van der Waals surface area contributed by atoms with Gasteiger partial charge in [0.25, 0.3) is 6.43 Å². The van der Waals surface area contributed by atoms with E-state index in [2.05, 4.69) is 4.98 Å². The van der Waals surface area contributed by atoms with Gasteiger partial charge in [-0.05, 0) is 25.8 Å². The number of fused-ring (bicyclic) bond motifs is 1. The lowest BCUT2D eigenvalue weighted by Gasteiger charge is -2.27. The molecule has 2 nitrogen and oxygen atoms in total. The van der Waals surface area contributed by atoms with E-state index >= 15 is 0 Å². The van der Waals surface area contributed by atoms with E-state index in [1.54, 1.807) is 13.0 Å². The summed E-state index contributed by atoms with van der Waals surface area (Å²) < 4.78 is 25.3. The molecule has 0 saturated carbocycles. The smallest absolute Gasteiger partial charge is 0.265 e. The van der Waals surface area contributed by atoms with Crippen molar-refractivity contribution in [3.05, 3.63) is 23.0 Å². The number of aromatic nitrogens is 1. The van der Waals surface area contributed by atoms with E-state index in [9.17, 15) is 8.78 Å². The highest BCUT2D eigenvalue weighted by molar-refractivity contribution is 5.54. The van der Waals surface area contributed by atoms with Gasteiger partial charge in [-0.25, -0.2) is 8.78 Å². The Bertz CT molecular complexity index is 377. The first kappa shape index (κ1) is 10.3. The van der Waals surface area contributed by atoms with Gasteiger partial charge in [0, 0.05) is 24.8 Å². The van der Waals surface area contributed by atoms with Gasteiger partial charge in [0.15, 0.2) is 0 Å². The third-order valence-electron chi connectivity index (χ3n) is 2.86. The number of aryl methyl sites for hydroxylation is 2. The van der Waals surface area contributed by atoms with Crippen molar-refractivity contribution in [1.29, 1.82) is 0 Å². The van der Waals surface area contributed by atoms with Crippen LogP contribution >= 0.6 is 0 Å². The van der Waals surface area contributed by atoms with Crippen LogP contribution in [-0.4, -0.2) is 18.6 Å². The number of hydrogen-bond donors (Lipinski definition) is 0. The second kappa shape index (κ2) is 3.76. The average Bonchev–Trinajstić information content (AvgIpc) is 2.16. The first-order chi connectivity index (χ1) is 7.09. The van der Waals surface area contributed by atoms with Crippen LogP contribution in [0.4, 0.5) is 14.5 Å². The topological polar surface area (TPSA) is 16.1 Å². The zero-order chi connectivity index (χ0) is 11.0. The zero-order valence-corrected chi connectivity index (χ0v) is 8.93. The van der Waals surface area contributed by atoms with Crippen molar-refractivity contribution in [3.63, 3.8) is 0 Å². The van der Waals surface area contributed by atoms with Gasteiger partial charge in [-0.1, -0.05) is 0 Å². The van der Waals surface area contributed by atoms with E-state index in [0.717, 1.165) is 30.8 Å². The molecule has 0 N–H and O–H groups in total. The molecule has 2 heterocycles. The Labute approximate surface area is 87.9 Å². The van der Waals surface area contributed by atoms with Crippen LogP contribution in [-0.2, 0) is 6.42 Å². The van der Waals surface area contributed by atoms with Gasteiger partial charge in [0.1, 0.15) is 0 Å². The van der Waals surface area contributed by atoms with Gasteiger partial charge in [-0.3, -0.25) is 4.98 Å². The summed E-state index contributed by atoms with van der Waals surface area (Å²) in [6.07, 6.45) is -0.494. The number of nitrogens with zero attached hydrogens (tertiary/aromatic N) is 2. The van der Waals surface area contributed by atoms with Gasteiger partial charge in [0.05, 0.1) is 11.4 Å². The maximum Gasteiger partial charge on any atom is 0.265 e. The molecule has 1 aromatic rings. The van der Waals surface area contributed by atoms with E-state index < -0.39 is 6.43 Å². The minimum Gasteiger partial charge on any atom is -0.373 e. The fourth-order valence-corrected chi connectivity index (χ4v) is 2.00. The predicted molar refractivity (Wildman–Crippen MR) is 55.5 cm³/mol. The molecule has 0 saturated heterocycles. The van der Waals surface area contributed by atoms with Crippen molar-refractivity contribution in [2.45, 2.75) is 26.2 Å². The van der Waals surface area contributed by atoms with Crippen molar-refractivity contribution in [2.24, 2.45) is 0 Å². The summed E-state index contributed by atoms with van der Waals surface area (Å²) in [5.74, 6) is 0. The summed E-state index contributed by atoms with van der Waals surface area (Å²) in [7, 11) is 1.92. The Morgan fingerprint density at radius 1 is 1.47 bits per heavy atom. The molecule has 1 aliphatic rings. The molecule has 2 rings (SSSR count). The Balaban J connectivity index is 2.50. The third kappa shape index (κ3) is 1.80. The number of halogens is 2. The molecule has 0 aliphatic carbocycles. The lowest BCUT2D eigenvalue weighted by Crippen LogP contribution is -2.26. The van der Waals surface area contributed by atoms with Gasteiger partial charge < -0.3 is 4.90 Å². The van der Waals surface area contributed by atoms with E-state index in [1.165, 1.54) is 0 Å². The first-order valence-corrected chi connectivity index (χ1v) is 5.09. The lowest BCUT2D eigenvalue weighted by molar-refractivity contribution is 0.150. The van der Waals surface area contributed by atoms with Crippen LogP contribution in [0.2, 0.25) is 0 Å². The van der Waals surface area contributed by atoms with Crippen molar-refractivity contribution in [3.8, 4) is 0 Å². The normalized spacial score (nSPS) is 15.7. The van der Waals surface area contributed by atoms with Crippen LogP contribution in [0, 0.1) is 6.92 Å². The van der Waals surface area contributed by atoms with Crippen molar-refractivity contribution >= 4 is 5.69 Å². The quantitative estimate of drug-likeness (QED) is 0.711. The number of hydrogen-bond acceptors (Lipinski definition) is 2. The van der Waals surface area contributed by atoms with Crippen LogP contribution in [0.1, 0.15) is 29.8 Å². The molecule has 0 amide bonds. The Morgan fingerprint density at radius 3 is 2.87 bits per heavy atom. The lowest BCUT2D eigenvalue weighted by atomic mass is 10.0. The van der Waals surface area contributed by atoms with Crippen LogP contribution in [0.5, 0.6) is 0 Å². The molecule has 15 heavy (non-hydrogen) atoms. The van der Waals surface area contributed by atoms with Crippen LogP contribution < -0.4 is 4.90 Å². The Morgan fingerprint density at radius 2 is 2.20 bits per heavy atom. The SMILES string of the molecule is Cc1nc2c(cc1C(F)F)N(C)CCC2. The highest BCUT2D eigenvalue weighted by atomic mass is 19.3. The molecule has 0 fully saturated rings. The maximum atomic E-state index is 12.7. The molecule has 82 valence electrons. The van der Waals surface area contributed by atoms with Crippen molar-refractivity contribution in [1.82, 2.24) is 4.98 Å². The second-order valence-electron chi connectivity index (χ2n) is 3.95. The number of rotatable bonds is 1. The Kier molecular flexibility index (Phi) is 2.59. The highest BCUT2D eigenvalue weighted by Gasteiger charge is 2.20. The largest absolute Gasteiger partial charge is 0.373 e. The third-order valence-corrected chi connectivity index (χ3v) is 2.86. The number of alkyl halides is 2. The summed E-state index contributed by atoms with van der Waals surface area (Å²) in [5.41, 5.74) is 2.33. The molecule has 1 aliphatic heterocycles. The van der Waals surface area contributed by atoms with Gasteiger partial charge in [-0.15, -0.1) is 0 Å². The van der Waals surface area contributed by atoms with Crippen molar-refractivity contribution < 1.29 is 8.78 Å². The zero-order valence-electron chi connectivity index (χ0n) is 8.93. The summed E-state index contributed by atoms with van der Waals surface area (Å²) in [5, 5.41) is 0. The minimum atomic E-state index is -2.43. The maximum absolute atomic E-state index is 12.7. The molecule has 0 unspecified atom stereocenters. The molecule has 0 atom stereocenters. The van der Waals surface area contributed by atoms with Crippen LogP contribution in [0.15, 0.2) is 6.07 Å². The van der Waals surface area contributed by atoms with Gasteiger partial charge in [0.2, 0.25) is 0 Å². The number of pyridine rings is 1. The Hall–Kier alpha value is -1.19. The van der Waals surface area contributed by atoms with E-state index in [0.29, 0.717) is 5.69 Å². The highest BCUT2D eigenvalue weighted by Crippen LogP contribution is 2.30. The number of anilines is 1. The fraction of sp³-hybridized carbons (Fsp3) is 0.545. The molecule has 0 aromatic carbocycles. The van der Waals surface area contributed by atoms with Gasteiger partial charge >= 0.3 is 0 Å². The summed E-state index contributed by atoms with van der Waals surface area (Å²) in [6, 6.07) is 1.58. The summed E-state index contributed by atoms with van der Waals surface area (Å²) >= 11 is 0. The van der Waals surface area contributed by atoms with Gasteiger partial charge in [-0.2, -0.15) is 0 Å². The monoisotopic (exact) mass is 212 g/mol. The average molecular weight is 212 g/mol. The summed E-state index contributed by atoms with van der Waals surface area (Å²) in [4.78, 5) is 6.26. The van der Waals surface area contributed by atoms with Crippen molar-refractivity contribution in [2.75, 3.05) is 18.5 Å².